The lowest BCUT2D eigenvalue weighted by Crippen LogP contribution is -2.33. The van der Waals surface area contributed by atoms with Gasteiger partial charge in [-0.1, -0.05) is 18.2 Å². The summed E-state index contributed by atoms with van der Waals surface area (Å²) in [6.07, 6.45) is -5.21. The second-order valence-corrected chi connectivity index (χ2v) is 5.91. The van der Waals surface area contributed by atoms with Gasteiger partial charge in [0, 0.05) is 12.6 Å². The molecule has 0 radical (unpaired) electrons. The standard InChI is InChI=1S/C17H15F3N2O3/c18-17(19,20)11-4-1-3-10(7-11)14-8-12(23)9-22(14)16(25)13-5-2-6-15(24)21-13/h1-7,12,14,23H,8-9H2,(H,21,24)/t12-,14-/m0/s1. The van der Waals surface area contributed by atoms with Crippen molar-refractivity contribution in [3.05, 3.63) is 69.6 Å². The highest BCUT2D eigenvalue weighted by atomic mass is 19.4. The van der Waals surface area contributed by atoms with Crippen molar-refractivity contribution in [3.63, 3.8) is 0 Å². The summed E-state index contributed by atoms with van der Waals surface area (Å²) in [7, 11) is 0. The Bertz CT molecular complexity index is 847. The first kappa shape index (κ1) is 17.2. The molecule has 2 N–H and O–H groups in total. The summed E-state index contributed by atoms with van der Waals surface area (Å²) in [4.78, 5) is 27.7. The van der Waals surface area contributed by atoms with Crippen LogP contribution in [0.5, 0.6) is 0 Å². The van der Waals surface area contributed by atoms with Crippen LogP contribution in [0.4, 0.5) is 13.2 Å². The molecule has 0 bridgehead atoms. The van der Waals surface area contributed by atoms with Gasteiger partial charge in [-0.2, -0.15) is 13.2 Å². The molecule has 2 heterocycles. The quantitative estimate of drug-likeness (QED) is 0.871. The van der Waals surface area contributed by atoms with Gasteiger partial charge >= 0.3 is 6.18 Å². The smallest absolute Gasteiger partial charge is 0.391 e. The molecule has 1 aromatic heterocycles. The van der Waals surface area contributed by atoms with Crippen LogP contribution in [0.2, 0.25) is 0 Å². The van der Waals surface area contributed by atoms with E-state index in [1.54, 1.807) is 0 Å². The minimum absolute atomic E-state index is 0.0172. The van der Waals surface area contributed by atoms with Gasteiger partial charge in [0.15, 0.2) is 0 Å². The average molecular weight is 352 g/mol. The van der Waals surface area contributed by atoms with Crippen molar-refractivity contribution in [1.29, 1.82) is 0 Å². The van der Waals surface area contributed by atoms with Crippen molar-refractivity contribution < 1.29 is 23.1 Å². The number of hydrogen-bond acceptors (Lipinski definition) is 3. The van der Waals surface area contributed by atoms with Crippen LogP contribution < -0.4 is 5.56 Å². The zero-order valence-electron chi connectivity index (χ0n) is 13.0. The summed E-state index contributed by atoms with van der Waals surface area (Å²) < 4.78 is 38.8. The zero-order valence-corrected chi connectivity index (χ0v) is 13.0. The number of carbonyl (C=O) groups excluding carboxylic acids is 1. The molecule has 0 unspecified atom stereocenters. The molecule has 0 spiro atoms. The van der Waals surface area contributed by atoms with E-state index < -0.39 is 35.4 Å². The highest BCUT2D eigenvalue weighted by Crippen LogP contribution is 2.36. The minimum Gasteiger partial charge on any atom is -0.391 e. The predicted octanol–water partition coefficient (Wildman–Crippen LogP) is 2.34. The highest BCUT2D eigenvalue weighted by molar-refractivity contribution is 5.92. The maximum absolute atomic E-state index is 12.9. The zero-order chi connectivity index (χ0) is 18.2. The van der Waals surface area contributed by atoms with Crippen LogP contribution in [0.15, 0.2) is 47.3 Å². The van der Waals surface area contributed by atoms with E-state index >= 15 is 0 Å². The van der Waals surface area contributed by atoms with Gasteiger partial charge in [-0.15, -0.1) is 0 Å². The molecule has 132 valence electrons. The number of nitrogens with zero attached hydrogens (tertiary/aromatic N) is 1. The van der Waals surface area contributed by atoms with Gasteiger partial charge in [0.2, 0.25) is 5.56 Å². The Kier molecular flexibility index (Phi) is 4.38. The molecule has 2 atom stereocenters. The Morgan fingerprint density at radius 2 is 1.92 bits per heavy atom. The monoisotopic (exact) mass is 352 g/mol. The van der Waals surface area contributed by atoms with Gasteiger partial charge in [-0.05, 0) is 30.2 Å². The lowest BCUT2D eigenvalue weighted by Gasteiger charge is -2.25. The Balaban J connectivity index is 1.95. The summed E-state index contributed by atoms with van der Waals surface area (Å²) in [6.45, 7) is -0.0172. The maximum Gasteiger partial charge on any atom is 0.416 e. The van der Waals surface area contributed by atoms with Gasteiger partial charge in [-0.3, -0.25) is 9.59 Å². The number of aromatic amines is 1. The first-order valence-corrected chi connectivity index (χ1v) is 7.61. The first-order valence-electron chi connectivity index (χ1n) is 7.61. The number of benzene rings is 1. The van der Waals surface area contributed by atoms with E-state index in [1.165, 1.54) is 35.2 Å². The summed E-state index contributed by atoms with van der Waals surface area (Å²) in [5.74, 6) is -0.545. The van der Waals surface area contributed by atoms with E-state index in [0.717, 1.165) is 12.1 Å². The van der Waals surface area contributed by atoms with Crippen molar-refractivity contribution in [3.8, 4) is 0 Å². The molecule has 1 aliphatic heterocycles. The van der Waals surface area contributed by atoms with Crippen LogP contribution >= 0.6 is 0 Å². The number of likely N-dealkylation sites (tertiary alicyclic amines) is 1. The Hall–Kier alpha value is -2.61. The van der Waals surface area contributed by atoms with E-state index in [0.29, 0.717) is 0 Å². The molecular formula is C17H15F3N2O3. The van der Waals surface area contributed by atoms with Gasteiger partial charge in [0.05, 0.1) is 17.7 Å². The molecule has 1 aliphatic rings. The van der Waals surface area contributed by atoms with Crippen molar-refractivity contribution in [1.82, 2.24) is 9.88 Å². The number of H-pyrrole nitrogens is 1. The number of aliphatic hydroxyl groups is 1. The lowest BCUT2D eigenvalue weighted by molar-refractivity contribution is -0.137. The van der Waals surface area contributed by atoms with Crippen LogP contribution in [0, 0.1) is 0 Å². The van der Waals surface area contributed by atoms with Gasteiger partial charge in [-0.25, -0.2) is 0 Å². The molecule has 8 heteroatoms. The predicted molar refractivity (Wildman–Crippen MR) is 82.9 cm³/mol. The summed E-state index contributed by atoms with van der Waals surface area (Å²) in [6, 6.07) is 8.08. The molecule has 1 aromatic carbocycles. The summed E-state index contributed by atoms with van der Waals surface area (Å²) in [5.41, 5.74) is -0.954. The number of nitrogens with one attached hydrogen (secondary N) is 1. The maximum atomic E-state index is 12.9. The van der Waals surface area contributed by atoms with Crippen LogP contribution in [0.1, 0.15) is 34.1 Å². The Morgan fingerprint density at radius 1 is 1.20 bits per heavy atom. The number of hydrogen-bond donors (Lipinski definition) is 2. The van der Waals surface area contributed by atoms with Crippen molar-refractivity contribution in [2.75, 3.05) is 6.54 Å². The number of rotatable bonds is 2. The van der Waals surface area contributed by atoms with E-state index in [2.05, 4.69) is 4.98 Å². The fraction of sp³-hybridized carbons (Fsp3) is 0.294. The molecule has 1 saturated heterocycles. The first-order chi connectivity index (χ1) is 11.8. The molecule has 25 heavy (non-hydrogen) atoms. The lowest BCUT2D eigenvalue weighted by atomic mass is 10.0. The third kappa shape index (κ3) is 3.58. The van der Waals surface area contributed by atoms with E-state index in [9.17, 15) is 27.9 Å². The molecular weight excluding hydrogens is 337 g/mol. The largest absolute Gasteiger partial charge is 0.416 e. The Labute approximate surface area is 140 Å². The third-order valence-corrected chi connectivity index (χ3v) is 4.14. The van der Waals surface area contributed by atoms with Crippen molar-refractivity contribution >= 4 is 5.91 Å². The molecule has 5 nitrogen and oxygen atoms in total. The third-order valence-electron chi connectivity index (χ3n) is 4.14. The van der Waals surface area contributed by atoms with Crippen molar-refractivity contribution in [2.24, 2.45) is 0 Å². The topological polar surface area (TPSA) is 73.4 Å². The van der Waals surface area contributed by atoms with E-state index in [-0.39, 0.29) is 24.2 Å². The van der Waals surface area contributed by atoms with Gasteiger partial charge in [0.25, 0.3) is 5.91 Å². The molecule has 0 aliphatic carbocycles. The van der Waals surface area contributed by atoms with Gasteiger partial charge < -0.3 is 15.0 Å². The van der Waals surface area contributed by atoms with Crippen LogP contribution in [0.3, 0.4) is 0 Å². The second kappa shape index (κ2) is 6.36. The van der Waals surface area contributed by atoms with E-state index in [4.69, 9.17) is 0 Å². The number of aliphatic hydroxyl groups excluding tert-OH is 1. The number of carbonyl (C=O) groups is 1. The molecule has 1 fully saturated rings. The number of β-amino-alcohol motifs (C(OH)–C–C–N with tert-alkyl or cyclic N) is 1. The summed E-state index contributed by atoms with van der Waals surface area (Å²) in [5, 5.41) is 9.92. The summed E-state index contributed by atoms with van der Waals surface area (Å²) >= 11 is 0. The molecule has 0 saturated carbocycles. The van der Waals surface area contributed by atoms with E-state index in [1.807, 2.05) is 0 Å². The normalized spacial score (nSPS) is 20.7. The second-order valence-electron chi connectivity index (χ2n) is 5.91. The number of aromatic nitrogens is 1. The highest BCUT2D eigenvalue weighted by Gasteiger charge is 2.37. The van der Waals surface area contributed by atoms with Crippen molar-refractivity contribution in [2.45, 2.75) is 24.7 Å². The van der Waals surface area contributed by atoms with Gasteiger partial charge in [0.1, 0.15) is 5.69 Å². The SMILES string of the molecule is O=C(c1cccc(=O)[nH]1)N1C[C@@H](O)C[C@H]1c1cccc(C(F)(F)F)c1. The molecule has 1 amide bonds. The fourth-order valence-electron chi connectivity index (χ4n) is 3.00. The minimum atomic E-state index is -4.49. The molecule has 3 rings (SSSR count). The average Bonchev–Trinajstić information content (AvgIpc) is 2.95. The molecule has 2 aromatic rings. The Morgan fingerprint density at radius 3 is 2.60 bits per heavy atom. The number of halogens is 3. The number of pyridine rings is 1. The fourth-order valence-corrected chi connectivity index (χ4v) is 3.00. The van der Waals surface area contributed by atoms with Crippen LogP contribution in [-0.2, 0) is 6.18 Å². The number of amides is 1. The number of alkyl halides is 3. The van der Waals surface area contributed by atoms with Crippen LogP contribution in [0.25, 0.3) is 0 Å². The van der Waals surface area contributed by atoms with Crippen LogP contribution in [-0.4, -0.2) is 33.5 Å².